The molecule has 1 nitrogen and oxygen atoms in total. The molecule has 5 heteroatoms. The van der Waals surface area contributed by atoms with E-state index in [2.05, 4.69) is 36.8 Å². The normalized spacial score (nSPS) is 7.10. The molecule has 1 radical (unpaired) electrons. The average Bonchev–Trinajstić information content (AvgIpc) is 1.91. The zero-order chi connectivity index (χ0) is 7.82. The Hall–Kier alpha value is 0.806. The van der Waals surface area contributed by atoms with Gasteiger partial charge in [0.1, 0.15) is 5.82 Å². The van der Waals surface area contributed by atoms with Crippen molar-refractivity contribution in [2.75, 3.05) is 0 Å². The van der Waals surface area contributed by atoms with E-state index in [1.165, 1.54) is 12.3 Å². The van der Waals surface area contributed by atoms with Gasteiger partial charge in [0.25, 0.3) is 0 Å². The highest BCUT2D eigenvalue weighted by atomic mass is 79.9. The van der Waals surface area contributed by atoms with E-state index >= 15 is 0 Å². The highest BCUT2D eigenvalue weighted by molar-refractivity contribution is 9.47. The molecule has 0 saturated carbocycles. The van der Waals surface area contributed by atoms with Gasteiger partial charge in [-0.3, -0.25) is 30.8 Å². The molecule has 0 aliphatic carbocycles. The first-order chi connectivity index (χ1) is 4.81. The third kappa shape index (κ3) is 6.92. The molecule has 0 bridgehead atoms. The molecular formula is C5H3Br2FMgN. The van der Waals surface area contributed by atoms with Crippen molar-refractivity contribution < 1.29 is 4.39 Å². The predicted octanol–water partition coefficient (Wildman–Crippen LogP) is 2.33. The first-order valence-corrected chi connectivity index (χ1v) is 10.2. The van der Waals surface area contributed by atoms with Gasteiger partial charge in [-0.25, -0.2) is 4.39 Å². The van der Waals surface area contributed by atoms with Crippen LogP contribution in [0.25, 0.3) is 0 Å². The molecule has 1 aromatic rings. The summed E-state index contributed by atoms with van der Waals surface area (Å²) >= 11 is 6.44. The monoisotopic (exact) mass is 278 g/mol. The standard InChI is InChI=1S/C5H3FN.2BrH.Mg/c6-5-2-1-3-7-4-5;;;/h2-4H;2*1H;/q;;;+2/p-2. The molecule has 0 saturated heterocycles. The number of pyridine rings is 1. The number of hydrogen-bond donors (Lipinski definition) is 0. The van der Waals surface area contributed by atoms with Crippen LogP contribution in [0.5, 0.6) is 0 Å². The maximum atomic E-state index is 11.8. The highest BCUT2D eigenvalue weighted by Gasteiger charge is 1.79. The zero-order valence-electron chi connectivity index (χ0n) is 5.02. The molecule has 1 aromatic heterocycles. The lowest BCUT2D eigenvalue weighted by molar-refractivity contribution is 0.621. The quantitative estimate of drug-likeness (QED) is 0.665. The minimum absolute atomic E-state index is 0.0417. The molecule has 0 N–H and O–H groups in total. The summed E-state index contributed by atoms with van der Waals surface area (Å²) in [6.07, 6.45) is 2.54. The maximum Gasteiger partial charge on any atom is 0.560 e. The van der Waals surface area contributed by atoms with Crippen molar-refractivity contribution in [2.45, 2.75) is 0 Å². The average molecular weight is 280 g/mol. The zero-order valence-corrected chi connectivity index (χ0v) is 9.61. The molecule has 1 heterocycles. The van der Waals surface area contributed by atoms with Crippen molar-refractivity contribution in [3.05, 3.63) is 30.3 Å². The molecule has 0 aliphatic rings. The van der Waals surface area contributed by atoms with Crippen molar-refractivity contribution in [1.29, 1.82) is 0 Å². The number of halogens is 3. The number of aromatic nitrogens is 1. The summed E-state index contributed by atoms with van der Waals surface area (Å²) in [6, 6.07) is 3.70. The molecule has 0 aliphatic heterocycles. The van der Waals surface area contributed by atoms with E-state index in [4.69, 9.17) is 0 Å². The van der Waals surface area contributed by atoms with Crippen LogP contribution in [0.15, 0.2) is 18.5 Å². The van der Waals surface area contributed by atoms with Crippen LogP contribution in [0.1, 0.15) is 0 Å². The fraction of sp³-hybridized carbons (Fsp3) is 0. The van der Waals surface area contributed by atoms with Crippen LogP contribution in [0.4, 0.5) is 4.39 Å². The summed E-state index contributed by atoms with van der Waals surface area (Å²) in [7, 11) is 0. The fourth-order valence-electron chi connectivity index (χ4n) is 0.306. The Morgan fingerprint density at radius 2 is 2.20 bits per heavy atom. The smallest absolute Gasteiger partial charge is 0.280 e. The Bertz CT molecular complexity index is 161. The molecule has 0 spiro atoms. The van der Waals surface area contributed by atoms with Gasteiger partial charge in [0.2, 0.25) is 0 Å². The van der Waals surface area contributed by atoms with E-state index in [1.54, 1.807) is 0 Å². The highest BCUT2D eigenvalue weighted by Crippen LogP contribution is 1.87. The summed E-state index contributed by atoms with van der Waals surface area (Å²) in [4.78, 5) is 3.45. The number of nitrogens with zero attached hydrogens (tertiary/aromatic N) is 1. The van der Waals surface area contributed by atoms with Gasteiger partial charge >= 0.3 is 16.0 Å². The Balaban J connectivity index is 0.000000236. The first-order valence-electron chi connectivity index (χ1n) is 2.39. The second kappa shape index (κ2) is 7.91. The summed E-state index contributed by atoms with van der Waals surface area (Å²) in [6.45, 7) is 0. The van der Waals surface area contributed by atoms with Gasteiger partial charge in [-0.1, -0.05) is 0 Å². The van der Waals surface area contributed by atoms with E-state index in [0.717, 1.165) is 6.20 Å². The van der Waals surface area contributed by atoms with Gasteiger partial charge in [0.05, 0.1) is 6.20 Å². The van der Waals surface area contributed by atoms with Crippen LogP contribution >= 0.6 is 25.8 Å². The molecule has 1 rings (SSSR count). The van der Waals surface area contributed by atoms with E-state index in [9.17, 15) is 4.39 Å². The summed E-state index contributed by atoms with van der Waals surface area (Å²) < 4.78 is 11.8. The first kappa shape index (κ1) is 10.8. The van der Waals surface area contributed by atoms with E-state index in [-0.39, 0.29) is 21.8 Å². The van der Waals surface area contributed by atoms with Crippen LogP contribution in [-0.4, -0.2) is 21.0 Å². The van der Waals surface area contributed by atoms with Gasteiger partial charge < -0.3 is 0 Å². The molecule has 51 valence electrons. The fourth-order valence-corrected chi connectivity index (χ4v) is 0.306. The molecule has 0 aromatic carbocycles. The lowest BCUT2D eigenvalue weighted by Gasteiger charge is -1.77. The second-order valence-corrected chi connectivity index (χ2v) is 9.29. The topological polar surface area (TPSA) is 12.9 Å². The van der Waals surface area contributed by atoms with Gasteiger partial charge in [0, 0.05) is 12.3 Å². The minimum Gasteiger partial charge on any atom is -0.280 e. The Morgan fingerprint density at radius 3 is 2.40 bits per heavy atom. The van der Waals surface area contributed by atoms with E-state index in [0.29, 0.717) is 0 Å². The summed E-state index contributed by atoms with van der Waals surface area (Å²) in [5.41, 5.74) is 0. The lowest BCUT2D eigenvalue weighted by atomic mass is 10.5. The Morgan fingerprint density at radius 1 is 1.60 bits per heavy atom. The maximum absolute atomic E-state index is 11.8. The minimum atomic E-state index is -0.345. The van der Waals surface area contributed by atoms with E-state index < -0.39 is 0 Å². The second-order valence-electron chi connectivity index (χ2n) is 1.20. The lowest BCUT2D eigenvalue weighted by Crippen LogP contribution is -1.71. The molecule has 0 amide bonds. The Labute approximate surface area is 80.9 Å². The van der Waals surface area contributed by atoms with Gasteiger partial charge in [-0.2, -0.15) is 0 Å². The summed E-state index contributed by atoms with van der Waals surface area (Å²) in [5, 5.41) is 0. The van der Waals surface area contributed by atoms with Crippen LogP contribution in [-0.2, 0) is 0 Å². The van der Waals surface area contributed by atoms with Gasteiger partial charge in [-0.15, -0.1) is 0 Å². The number of hydrogen-bond acceptors (Lipinski definition) is 1. The largest absolute Gasteiger partial charge is 0.560 e. The number of rotatable bonds is 0. The van der Waals surface area contributed by atoms with Crippen LogP contribution in [0, 0.1) is 11.9 Å². The Kier molecular flexibility index (Phi) is 8.55. The SMILES string of the molecule is Fc1c[c]cnc1.[Br][Mg][Br]. The third-order valence-corrected chi connectivity index (χ3v) is 0.568. The van der Waals surface area contributed by atoms with Gasteiger partial charge in [-0.05, 0) is 6.07 Å². The van der Waals surface area contributed by atoms with Crippen molar-refractivity contribution in [2.24, 2.45) is 0 Å². The van der Waals surface area contributed by atoms with Crippen LogP contribution in [0.3, 0.4) is 0 Å². The molecule has 0 atom stereocenters. The van der Waals surface area contributed by atoms with Gasteiger partial charge in [0.15, 0.2) is 0 Å². The van der Waals surface area contributed by atoms with Crippen molar-refractivity contribution in [3.8, 4) is 0 Å². The third-order valence-electron chi connectivity index (χ3n) is 0.568. The van der Waals surface area contributed by atoms with Crippen molar-refractivity contribution >= 4 is 41.8 Å². The van der Waals surface area contributed by atoms with Crippen molar-refractivity contribution in [1.82, 2.24) is 4.98 Å². The van der Waals surface area contributed by atoms with Crippen LogP contribution in [0.2, 0.25) is 0 Å². The molecular weight excluding hydrogens is 277 g/mol. The molecule has 0 unspecified atom stereocenters. The predicted molar refractivity (Wildman–Crippen MR) is 46.6 cm³/mol. The molecule has 10 heavy (non-hydrogen) atoms. The molecule has 0 fully saturated rings. The van der Waals surface area contributed by atoms with E-state index in [1.807, 2.05) is 0 Å². The summed E-state index contributed by atoms with van der Waals surface area (Å²) in [5.74, 6) is -0.345. The van der Waals surface area contributed by atoms with Crippen LogP contribution < -0.4 is 0 Å². The van der Waals surface area contributed by atoms with Crippen molar-refractivity contribution in [3.63, 3.8) is 0 Å².